The third-order valence-electron chi connectivity index (χ3n) is 10.0. The van der Waals surface area contributed by atoms with E-state index in [-0.39, 0.29) is 11.9 Å². The summed E-state index contributed by atoms with van der Waals surface area (Å²) in [5.41, 5.74) is -0.527. The number of fused-ring (bicyclic) bond motifs is 1. The fraction of sp³-hybridized carbons (Fsp3) is 0.846. The Kier molecular flexibility index (Phi) is 5.27. The predicted molar refractivity (Wildman–Crippen MR) is 116 cm³/mol. The number of aliphatic carboxylic acids is 1. The molecule has 6 bridgehead atoms. The van der Waals surface area contributed by atoms with E-state index in [4.69, 9.17) is 19.3 Å². The number of carbonyl (C=O) groups excluding carboxylic acids is 3. The van der Waals surface area contributed by atoms with Gasteiger partial charge in [0.05, 0.1) is 17.3 Å². The Morgan fingerprint density at radius 3 is 2.14 bits per heavy atom. The molecule has 7 unspecified atom stereocenters. The van der Waals surface area contributed by atoms with Gasteiger partial charge < -0.3 is 19.3 Å². The van der Waals surface area contributed by atoms with E-state index in [9.17, 15) is 28.0 Å². The lowest BCUT2D eigenvalue weighted by molar-refractivity contribution is -0.205. The maximum atomic E-state index is 14.3. The molecule has 6 saturated carbocycles. The van der Waals surface area contributed by atoms with Crippen LogP contribution in [0.2, 0.25) is 0 Å². The summed E-state index contributed by atoms with van der Waals surface area (Å²) in [6.45, 7) is 2.68. The molecule has 7 fully saturated rings. The SMILES string of the molecule is CC(C)C(OC(=O)C1C2CC3C(OC(=O)C31)C2OC(=O)C12CC3CC(CC(C3)C1)C2)C(F)(F)C(=O)O. The molecule has 0 radical (unpaired) electrons. The van der Waals surface area contributed by atoms with Crippen molar-refractivity contribution in [2.45, 2.75) is 83.0 Å². The Hall–Kier alpha value is -2.26. The van der Waals surface area contributed by atoms with Gasteiger partial charge in [0.15, 0.2) is 6.10 Å². The van der Waals surface area contributed by atoms with Crippen molar-refractivity contribution >= 4 is 23.9 Å². The van der Waals surface area contributed by atoms with Crippen LogP contribution in [0.4, 0.5) is 8.78 Å². The molecule has 6 aliphatic carbocycles. The lowest BCUT2D eigenvalue weighted by Gasteiger charge is -2.55. The zero-order valence-electron chi connectivity index (χ0n) is 20.4. The van der Waals surface area contributed by atoms with Crippen LogP contribution in [0.3, 0.4) is 0 Å². The summed E-state index contributed by atoms with van der Waals surface area (Å²) >= 11 is 0. The number of halogens is 2. The van der Waals surface area contributed by atoms with Crippen LogP contribution in [0.5, 0.6) is 0 Å². The van der Waals surface area contributed by atoms with Crippen molar-refractivity contribution in [2.24, 2.45) is 52.8 Å². The summed E-state index contributed by atoms with van der Waals surface area (Å²) in [5, 5.41) is 8.98. The molecule has 1 saturated heterocycles. The van der Waals surface area contributed by atoms with Crippen LogP contribution in [-0.2, 0) is 33.4 Å². The van der Waals surface area contributed by atoms with Crippen LogP contribution < -0.4 is 0 Å². The largest absolute Gasteiger partial charge is 0.477 e. The standard InChI is InChI=1S/C26H32F2O8/c1-10(2)20(26(27,28)23(31)32)36-22(30)17-15-6-14-16(17)21(29)34-18(14)19(15)35-24(33)25-7-11-3-12(8-25)5-13(4-11)9-25/h10-20H,3-9H2,1-2H3,(H,31,32). The Labute approximate surface area is 207 Å². The van der Waals surface area contributed by atoms with Gasteiger partial charge in [0.2, 0.25) is 0 Å². The number of carboxylic acids is 1. The molecule has 0 aromatic rings. The van der Waals surface area contributed by atoms with E-state index in [2.05, 4.69) is 0 Å². The highest BCUT2D eigenvalue weighted by Gasteiger charge is 2.71. The van der Waals surface area contributed by atoms with Crippen LogP contribution >= 0.6 is 0 Å². The zero-order valence-corrected chi connectivity index (χ0v) is 20.4. The highest BCUT2D eigenvalue weighted by molar-refractivity contribution is 5.87. The van der Waals surface area contributed by atoms with Gasteiger partial charge in [0.25, 0.3) is 0 Å². The summed E-state index contributed by atoms with van der Waals surface area (Å²) in [4.78, 5) is 50.6. The Morgan fingerprint density at radius 1 is 1.03 bits per heavy atom. The van der Waals surface area contributed by atoms with E-state index >= 15 is 0 Å². The van der Waals surface area contributed by atoms with Gasteiger partial charge in [0, 0.05) is 11.8 Å². The van der Waals surface area contributed by atoms with E-state index in [1.165, 1.54) is 13.8 Å². The maximum absolute atomic E-state index is 14.3. The minimum absolute atomic E-state index is 0.289. The fourth-order valence-electron chi connectivity index (χ4n) is 9.03. The zero-order chi connectivity index (χ0) is 25.7. The lowest BCUT2D eigenvalue weighted by atomic mass is 9.49. The number of hydrogen-bond acceptors (Lipinski definition) is 7. The number of alkyl halides is 2. The first-order chi connectivity index (χ1) is 16.9. The van der Waals surface area contributed by atoms with E-state index in [0.717, 1.165) is 38.5 Å². The fourth-order valence-corrected chi connectivity index (χ4v) is 9.03. The number of esters is 3. The molecule has 7 rings (SSSR count). The number of rotatable bonds is 7. The van der Waals surface area contributed by atoms with Crippen molar-refractivity contribution in [1.29, 1.82) is 0 Å². The average molecular weight is 511 g/mol. The molecular formula is C26H32F2O8. The molecule has 0 aromatic carbocycles. The van der Waals surface area contributed by atoms with Gasteiger partial charge in [-0.1, -0.05) is 13.8 Å². The summed E-state index contributed by atoms with van der Waals surface area (Å²) in [6, 6.07) is 0. The van der Waals surface area contributed by atoms with Crippen LogP contribution in [-0.4, -0.2) is 53.2 Å². The van der Waals surface area contributed by atoms with E-state index in [1.54, 1.807) is 0 Å². The molecule has 0 spiro atoms. The van der Waals surface area contributed by atoms with Gasteiger partial charge >= 0.3 is 29.8 Å². The van der Waals surface area contributed by atoms with E-state index in [0.29, 0.717) is 24.2 Å². The molecule has 1 heterocycles. The molecule has 0 aromatic heterocycles. The molecule has 7 atom stereocenters. The monoisotopic (exact) mass is 510 g/mol. The van der Waals surface area contributed by atoms with Crippen molar-refractivity contribution in [3.63, 3.8) is 0 Å². The van der Waals surface area contributed by atoms with Crippen LogP contribution in [0.25, 0.3) is 0 Å². The Bertz CT molecular complexity index is 973. The van der Waals surface area contributed by atoms with Gasteiger partial charge in [-0.3, -0.25) is 14.4 Å². The Balaban J connectivity index is 1.22. The normalized spacial score (nSPS) is 44.6. The number of carboxylic acid groups (broad SMARTS) is 1. The molecule has 1 aliphatic heterocycles. The van der Waals surface area contributed by atoms with Gasteiger partial charge in [-0.25, -0.2) is 4.79 Å². The molecule has 198 valence electrons. The molecule has 36 heavy (non-hydrogen) atoms. The van der Waals surface area contributed by atoms with Crippen molar-refractivity contribution in [3.8, 4) is 0 Å². The van der Waals surface area contributed by atoms with Gasteiger partial charge in [-0.2, -0.15) is 8.78 Å². The van der Waals surface area contributed by atoms with Crippen LogP contribution in [0.15, 0.2) is 0 Å². The van der Waals surface area contributed by atoms with Gasteiger partial charge in [-0.05, 0) is 68.6 Å². The first-order valence-electron chi connectivity index (χ1n) is 13.1. The maximum Gasteiger partial charge on any atom is 0.378 e. The first kappa shape index (κ1) is 24.1. The van der Waals surface area contributed by atoms with Crippen LogP contribution in [0.1, 0.15) is 58.8 Å². The Morgan fingerprint density at radius 2 is 1.61 bits per heavy atom. The highest BCUT2D eigenvalue weighted by Crippen LogP contribution is 2.62. The molecular weight excluding hydrogens is 478 g/mol. The second kappa shape index (κ2) is 7.87. The first-order valence-corrected chi connectivity index (χ1v) is 13.1. The summed E-state index contributed by atoms with van der Waals surface area (Å²) in [7, 11) is 0. The summed E-state index contributed by atoms with van der Waals surface area (Å²) in [5.74, 6) is -10.9. The molecule has 8 nitrogen and oxygen atoms in total. The number of hydrogen-bond donors (Lipinski definition) is 1. The van der Waals surface area contributed by atoms with E-state index < -0.39 is 71.2 Å². The van der Waals surface area contributed by atoms with Gasteiger partial charge in [0.1, 0.15) is 12.2 Å². The average Bonchev–Trinajstić information content (AvgIpc) is 3.39. The van der Waals surface area contributed by atoms with Crippen molar-refractivity contribution in [2.75, 3.05) is 0 Å². The smallest absolute Gasteiger partial charge is 0.378 e. The predicted octanol–water partition coefficient (Wildman–Crippen LogP) is 3.21. The van der Waals surface area contributed by atoms with E-state index in [1.807, 2.05) is 0 Å². The summed E-state index contributed by atoms with van der Waals surface area (Å²) < 4.78 is 45.4. The minimum atomic E-state index is -4.29. The molecule has 7 aliphatic rings. The van der Waals surface area contributed by atoms with Gasteiger partial charge in [-0.15, -0.1) is 0 Å². The van der Waals surface area contributed by atoms with Crippen LogP contribution in [0, 0.1) is 52.8 Å². The third-order valence-corrected chi connectivity index (χ3v) is 10.0. The topological polar surface area (TPSA) is 116 Å². The number of ether oxygens (including phenoxy) is 3. The van der Waals surface area contributed by atoms with Crippen molar-refractivity contribution < 1.29 is 47.3 Å². The quantitative estimate of drug-likeness (QED) is 0.410. The second-order valence-electron chi connectivity index (χ2n) is 12.6. The number of carbonyl (C=O) groups is 4. The third kappa shape index (κ3) is 3.34. The highest BCUT2D eigenvalue weighted by atomic mass is 19.3. The molecule has 10 heteroatoms. The second-order valence-corrected chi connectivity index (χ2v) is 12.6. The molecule has 0 amide bonds. The van der Waals surface area contributed by atoms with Crippen molar-refractivity contribution in [1.82, 2.24) is 0 Å². The lowest BCUT2D eigenvalue weighted by Crippen LogP contribution is -2.53. The van der Waals surface area contributed by atoms with Crippen molar-refractivity contribution in [3.05, 3.63) is 0 Å². The summed E-state index contributed by atoms with van der Waals surface area (Å²) in [6.07, 6.45) is 2.62. The molecule has 1 N–H and O–H groups in total. The minimum Gasteiger partial charge on any atom is -0.477 e.